The third kappa shape index (κ3) is 7.80. The highest BCUT2D eigenvalue weighted by Gasteiger charge is 2.31. The molecule has 0 amide bonds. The van der Waals surface area contributed by atoms with E-state index in [9.17, 15) is 0 Å². The maximum atomic E-state index is 8.64. The Balaban J connectivity index is 0.00000205. The first-order chi connectivity index (χ1) is 18.9. The molecule has 3 N–H and O–H groups in total. The fraction of sp³-hybridized carbons (Fsp3) is 0.629. The van der Waals surface area contributed by atoms with Crippen LogP contribution in [0.25, 0.3) is 5.57 Å². The average molecular weight is 534 g/mol. The lowest BCUT2D eigenvalue weighted by molar-refractivity contribution is -0.0712. The molecule has 0 spiro atoms. The van der Waals surface area contributed by atoms with Gasteiger partial charge in [0.15, 0.2) is 0 Å². The quantitative estimate of drug-likeness (QED) is 0.223. The minimum absolute atomic E-state index is 0.439. The SMILES string of the molecule is C/C=C(\C=C(/C(=N)CC)C1CC1)C(/CCC)=C(/c1cc(C2CCN(C3COC3)CC2)ccc1C)C(C)C.CN. The Morgan fingerprint density at radius 2 is 1.77 bits per heavy atom. The maximum absolute atomic E-state index is 8.64. The fourth-order valence-electron chi connectivity index (χ4n) is 6.28. The summed E-state index contributed by atoms with van der Waals surface area (Å²) in [5.74, 6) is 1.68. The molecule has 4 nitrogen and oxygen atoms in total. The predicted molar refractivity (Wildman–Crippen MR) is 169 cm³/mol. The smallest absolute Gasteiger partial charge is 0.0645 e. The van der Waals surface area contributed by atoms with Crippen LogP contribution >= 0.6 is 0 Å². The number of hydrogen-bond donors (Lipinski definition) is 2. The number of nitrogens with two attached hydrogens (primary N) is 1. The summed E-state index contributed by atoms with van der Waals surface area (Å²) in [6.07, 6.45) is 12.7. The summed E-state index contributed by atoms with van der Waals surface area (Å²) >= 11 is 0. The van der Waals surface area contributed by atoms with E-state index in [2.05, 4.69) is 82.5 Å². The number of likely N-dealkylation sites (tertiary alicyclic amines) is 1. The zero-order valence-corrected chi connectivity index (χ0v) is 25.9. The lowest BCUT2D eigenvalue weighted by atomic mass is 9.80. The Morgan fingerprint density at radius 3 is 2.26 bits per heavy atom. The Kier molecular flexibility index (Phi) is 12.2. The molecule has 2 aliphatic heterocycles. The van der Waals surface area contributed by atoms with Crippen molar-refractivity contribution in [3.8, 4) is 0 Å². The molecule has 0 radical (unpaired) electrons. The molecule has 1 aromatic carbocycles. The van der Waals surface area contributed by atoms with Crippen molar-refractivity contribution in [1.82, 2.24) is 4.90 Å². The highest BCUT2D eigenvalue weighted by molar-refractivity contribution is 5.99. The standard InChI is InChI=1S/C34H50N2O.CH5N/c1-7-10-30(25(8-2)19-32(27-13-14-27)33(35)9-3)34(23(4)5)31-20-28(12-11-24(31)6)26-15-17-36(18-16-26)29-21-37-22-29;1-2/h8,11-12,19-20,23,26-27,29,35H,7,9-10,13-18,21-22H2,1-6H3;2H2,1H3/b25-8+,32-19-,34-30+,35-33?;. The van der Waals surface area contributed by atoms with Gasteiger partial charge in [0.1, 0.15) is 0 Å². The van der Waals surface area contributed by atoms with Gasteiger partial charge in [0.25, 0.3) is 0 Å². The highest BCUT2D eigenvalue weighted by atomic mass is 16.5. The van der Waals surface area contributed by atoms with Gasteiger partial charge in [0.05, 0.1) is 19.3 Å². The maximum Gasteiger partial charge on any atom is 0.0645 e. The van der Waals surface area contributed by atoms with E-state index in [1.807, 2.05) is 0 Å². The van der Waals surface area contributed by atoms with Crippen molar-refractivity contribution in [3.05, 3.63) is 63.8 Å². The minimum Gasteiger partial charge on any atom is -0.378 e. The first-order valence-electron chi connectivity index (χ1n) is 15.6. The van der Waals surface area contributed by atoms with E-state index in [0.29, 0.717) is 23.8 Å². The zero-order valence-electron chi connectivity index (χ0n) is 25.9. The van der Waals surface area contributed by atoms with Crippen LogP contribution < -0.4 is 5.73 Å². The molecule has 1 aliphatic carbocycles. The van der Waals surface area contributed by atoms with Gasteiger partial charge in [-0.25, -0.2) is 0 Å². The molecular formula is C35H55N3O. The molecule has 4 heteroatoms. The third-order valence-electron chi connectivity index (χ3n) is 8.78. The van der Waals surface area contributed by atoms with E-state index in [1.54, 1.807) is 0 Å². The van der Waals surface area contributed by atoms with E-state index in [-0.39, 0.29) is 0 Å². The molecular weight excluding hydrogens is 478 g/mol. The van der Waals surface area contributed by atoms with Gasteiger partial charge >= 0.3 is 0 Å². The molecule has 1 aromatic rings. The van der Waals surface area contributed by atoms with Crippen molar-refractivity contribution in [3.63, 3.8) is 0 Å². The van der Waals surface area contributed by atoms with E-state index in [0.717, 1.165) is 38.2 Å². The fourth-order valence-corrected chi connectivity index (χ4v) is 6.28. The van der Waals surface area contributed by atoms with Crippen molar-refractivity contribution in [2.75, 3.05) is 33.4 Å². The largest absolute Gasteiger partial charge is 0.378 e. The molecule has 39 heavy (non-hydrogen) atoms. The summed E-state index contributed by atoms with van der Waals surface area (Å²) in [6, 6.07) is 7.97. The second-order valence-corrected chi connectivity index (χ2v) is 11.8. The molecule has 2 heterocycles. The summed E-state index contributed by atoms with van der Waals surface area (Å²) in [6.45, 7) is 17.8. The molecule has 3 fully saturated rings. The lowest BCUT2D eigenvalue weighted by Crippen LogP contribution is -2.51. The second-order valence-electron chi connectivity index (χ2n) is 11.8. The topological polar surface area (TPSA) is 62.3 Å². The first-order valence-corrected chi connectivity index (χ1v) is 15.6. The van der Waals surface area contributed by atoms with Gasteiger partial charge in [-0.2, -0.15) is 0 Å². The molecule has 4 rings (SSSR count). The number of nitrogens with one attached hydrogen (secondary N) is 1. The number of piperidine rings is 1. The van der Waals surface area contributed by atoms with Gasteiger partial charge in [-0.1, -0.05) is 58.4 Å². The van der Waals surface area contributed by atoms with Gasteiger partial charge in [-0.3, -0.25) is 4.90 Å². The normalized spacial score (nSPS) is 20.3. The Morgan fingerprint density at radius 1 is 1.10 bits per heavy atom. The number of nitrogens with zero attached hydrogens (tertiary/aromatic N) is 1. The van der Waals surface area contributed by atoms with Gasteiger partial charge in [-0.15, -0.1) is 0 Å². The molecule has 1 saturated carbocycles. The summed E-state index contributed by atoms with van der Waals surface area (Å²) < 4.78 is 5.44. The van der Waals surface area contributed by atoms with E-state index in [1.165, 1.54) is 84.8 Å². The first kappa shape index (κ1) is 31.5. The molecule has 0 aromatic heterocycles. The summed E-state index contributed by atoms with van der Waals surface area (Å²) in [5.41, 5.74) is 15.3. The monoisotopic (exact) mass is 533 g/mol. The minimum atomic E-state index is 0.439. The van der Waals surface area contributed by atoms with Crippen molar-refractivity contribution < 1.29 is 4.74 Å². The average Bonchev–Trinajstić information content (AvgIpc) is 3.76. The second kappa shape index (κ2) is 15.1. The van der Waals surface area contributed by atoms with Crippen LogP contribution in [0.15, 0.2) is 47.1 Å². The number of allylic oxidation sites excluding steroid dienone is 6. The van der Waals surface area contributed by atoms with Crippen molar-refractivity contribution in [2.45, 2.75) is 98.4 Å². The lowest BCUT2D eigenvalue weighted by Gasteiger charge is -2.41. The molecule has 0 unspecified atom stereocenters. The Bertz CT molecular complexity index is 1050. The molecule has 3 aliphatic rings. The third-order valence-corrected chi connectivity index (χ3v) is 8.78. The highest BCUT2D eigenvalue weighted by Crippen LogP contribution is 2.41. The van der Waals surface area contributed by atoms with Crippen LogP contribution in [-0.2, 0) is 4.74 Å². The summed E-state index contributed by atoms with van der Waals surface area (Å²) in [7, 11) is 1.50. The summed E-state index contributed by atoms with van der Waals surface area (Å²) in [5, 5.41) is 8.64. The number of ether oxygens (including phenoxy) is 1. The van der Waals surface area contributed by atoms with Gasteiger partial charge in [-0.05, 0) is 135 Å². The van der Waals surface area contributed by atoms with Crippen molar-refractivity contribution >= 4 is 11.3 Å². The van der Waals surface area contributed by atoms with Crippen LogP contribution in [0.2, 0.25) is 0 Å². The number of rotatable bonds is 11. The molecule has 216 valence electrons. The van der Waals surface area contributed by atoms with E-state index < -0.39 is 0 Å². The van der Waals surface area contributed by atoms with Gasteiger partial charge < -0.3 is 15.9 Å². The van der Waals surface area contributed by atoms with Crippen LogP contribution in [0, 0.1) is 24.2 Å². The number of benzene rings is 1. The zero-order chi connectivity index (χ0) is 28.5. The molecule has 2 saturated heterocycles. The van der Waals surface area contributed by atoms with Gasteiger partial charge in [0, 0.05) is 5.71 Å². The van der Waals surface area contributed by atoms with Crippen LogP contribution in [-0.4, -0.2) is 50.0 Å². The van der Waals surface area contributed by atoms with Gasteiger partial charge in [0.2, 0.25) is 0 Å². The molecule has 0 bridgehead atoms. The van der Waals surface area contributed by atoms with Crippen molar-refractivity contribution in [2.24, 2.45) is 17.6 Å². The summed E-state index contributed by atoms with van der Waals surface area (Å²) in [4.78, 5) is 2.64. The van der Waals surface area contributed by atoms with Crippen LogP contribution in [0.5, 0.6) is 0 Å². The predicted octanol–water partition coefficient (Wildman–Crippen LogP) is 8.07. The van der Waals surface area contributed by atoms with Crippen LogP contribution in [0.4, 0.5) is 0 Å². The van der Waals surface area contributed by atoms with Crippen LogP contribution in [0.3, 0.4) is 0 Å². The number of hydrogen-bond acceptors (Lipinski definition) is 4. The Labute approximate surface area is 239 Å². The van der Waals surface area contributed by atoms with E-state index in [4.69, 9.17) is 10.1 Å². The van der Waals surface area contributed by atoms with Crippen LogP contribution in [0.1, 0.15) is 102 Å². The number of aryl methyl sites for hydroxylation is 1. The Hall–Kier alpha value is -2.01. The van der Waals surface area contributed by atoms with E-state index >= 15 is 0 Å². The molecule has 0 atom stereocenters. The van der Waals surface area contributed by atoms with Crippen molar-refractivity contribution in [1.29, 1.82) is 5.41 Å².